The quantitative estimate of drug-likeness (QED) is 0.435. The predicted octanol–water partition coefficient (Wildman–Crippen LogP) is 4.46. The van der Waals surface area contributed by atoms with Gasteiger partial charge in [-0.3, -0.25) is 4.90 Å². The molecule has 1 aliphatic rings. The Morgan fingerprint density at radius 1 is 1.00 bits per heavy atom. The average Bonchev–Trinajstić information content (AvgIpc) is 2.41. The van der Waals surface area contributed by atoms with Crippen LogP contribution < -0.4 is 0 Å². The van der Waals surface area contributed by atoms with E-state index < -0.39 is 0 Å². The van der Waals surface area contributed by atoms with Crippen LogP contribution in [-0.4, -0.2) is 42.6 Å². The normalized spacial score (nSPS) is 24.8. The topological polar surface area (TPSA) is 12.5 Å². The summed E-state index contributed by atoms with van der Waals surface area (Å²) in [4.78, 5) is 2.53. The van der Waals surface area contributed by atoms with Crippen molar-refractivity contribution in [1.82, 2.24) is 4.90 Å². The molecule has 3 heteroatoms. The van der Waals surface area contributed by atoms with E-state index >= 15 is 0 Å². The van der Waals surface area contributed by atoms with E-state index in [1.807, 2.05) is 0 Å². The van der Waals surface area contributed by atoms with Gasteiger partial charge in [0.1, 0.15) is 0 Å². The molecule has 2 unspecified atom stereocenters. The van der Waals surface area contributed by atoms with Gasteiger partial charge in [-0.1, -0.05) is 51.9 Å². The van der Waals surface area contributed by atoms with Crippen LogP contribution in [0.3, 0.4) is 0 Å². The van der Waals surface area contributed by atoms with Crippen LogP contribution in [0.1, 0.15) is 65.2 Å². The summed E-state index contributed by atoms with van der Waals surface area (Å²) in [5.74, 6) is 0.623. The van der Waals surface area contributed by atoms with Gasteiger partial charge in [-0.2, -0.15) is 0 Å². The largest absolute Gasteiger partial charge is 0.371 e. The summed E-state index contributed by atoms with van der Waals surface area (Å²) < 4.78 is 5.77. The summed E-state index contributed by atoms with van der Waals surface area (Å²) in [6.07, 6.45) is 11.7. The molecule has 0 aromatic rings. The molecule has 1 fully saturated rings. The third-order valence-electron chi connectivity index (χ3n) is 3.90. The van der Waals surface area contributed by atoms with Crippen LogP contribution in [0.2, 0.25) is 0 Å². The van der Waals surface area contributed by atoms with Crippen molar-refractivity contribution in [2.75, 3.05) is 25.5 Å². The molecule has 0 bridgehead atoms. The van der Waals surface area contributed by atoms with Crippen molar-refractivity contribution in [3.8, 4) is 0 Å². The predicted molar refractivity (Wildman–Crippen MR) is 84.1 cm³/mol. The van der Waals surface area contributed by atoms with E-state index in [0.29, 0.717) is 12.0 Å². The van der Waals surface area contributed by atoms with Gasteiger partial charge in [-0.25, -0.2) is 0 Å². The van der Waals surface area contributed by atoms with Crippen LogP contribution in [0.15, 0.2) is 0 Å². The molecule has 0 saturated carbocycles. The lowest BCUT2D eigenvalue weighted by Gasteiger charge is -2.36. The molecular formula is C16H32ClNO. The van der Waals surface area contributed by atoms with Crippen molar-refractivity contribution in [2.24, 2.45) is 0 Å². The first-order chi connectivity index (χ1) is 9.26. The maximum absolute atomic E-state index is 5.90. The van der Waals surface area contributed by atoms with Crippen molar-refractivity contribution in [3.63, 3.8) is 0 Å². The molecule has 1 saturated heterocycles. The highest BCUT2D eigenvalue weighted by molar-refractivity contribution is 6.18. The standard InChI is InChI=1S/C16H32ClNO/c1-3-4-5-6-7-8-9-10-11-18-13-15(2)19-16(12-17)14-18/h15-16H,3-14H2,1-2H3. The lowest BCUT2D eigenvalue weighted by molar-refractivity contribution is -0.0665. The van der Waals surface area contributed by atoms with E-state index in [4.69, 9.17) is 16.3 Å². The summed E-state index contributed by atoms with van der Waals surface area (Å²) in [7, 11) is 0. The Kier molecular flexibility index (Phi) is 9.93. The van der Waals surface area contributed by atoms with Gasteiger partial charge in [-0.05, 0) is 19.9 Å². The van der Waals surface area contributed by atoms with Gasteiger partial charge in [0.15, 0.2) is 0 Å². The molecule has 1 heterocycles. The van der Waals surface area contributed by atoms with Crippen LogP contribution in [0.25, 0.3) is 0 Å². The van der Waals surface area contributed by atoms with Crippen molar-refractivity contribution >= 4 is 11.6 Å². The van der Waals surface area contributed by atoms with Crippen LogP contribution in [0.4, 0.5) is 0 Å². The monoisotopic (exact) mass is 289 g/mol. The summed E-state index contributed by atoms with van der Waals surface area (Å²) in [6.45, 7) is 7.74. The molecule has 0 aliphatic carbocycles. The van der Waals surface area contributed by atoms with Crippen LogP contribution in [0, 0.1) is 0 Å². The molecule has 0 spiro atoms. The molecule has 1 rings (SSSR count). The number of hydrogen-bond donors (Lipinski definition) is 0. The van der Waals surface area contributed by atoms with E-state index in [1.54, 1.807) is 0 Å². The molecule has 2 nitrogen and oxygen atoms in total. The zero-order valence-corrected chi connectivity index (χ0v) is 13.6. The molecule has 19 heavy (non-hydrogen) atoms. The number of rotatable bonds is 10. The number of ether oxygens (including phenoxy) is 1. The zero-order valence-electron chi connectivity index (χ0n) is 12.9. The molecule has 114 valence electrons. The Balaban J connectivity index is 1.96. The third kappa shape index (κ3) is 8.16. The lowest BCUT2D eigenvalue weighted by atomic mass is 10.1. The number of morpholine rings is 1. The molecular weight excluding hydrogens is 258 g/mol. The number of nitrogens with zero attached hydrogens (tertiary/aromatic N) is 1. The van der Waals surface area contributed by atoms with Crippen molar-refractivity contribution < 1.29 is 4.74 Å². The number of unbranched alkanes of at least 4 members (excludes halogenated alkanes) is 7. The van der Waals surface area contributed by atoms with Crippen LogP contribution in [-0.2, 0) is 4.74 Å². The fraction of sp³-hybridized carbons (Fsp3) is 1.00. The minimum absolute atomic E-state index is 0.236. The van der Waals surface area contributed by atoms with Crippen molar-refractivity contribution in [2.45, 2.75) is 77.4 Å². The Morgan fingerprint density at radius 3 is 2.26 bits per heavy atom. The fourth-order valence-electron chi connectivity index (χ4n) is 2.88. The molecule has 0 aromatic carbocycles. The van der Waals surface area contributed by atoms with Gasteiger partial charge in [0.2, 0.25) is 0 Å². The highest BCUT2D eigenvalue weighted by Crippen LogP contribution is 2.14. The number of hydrogen-bond acceptors (Lipinski definition) is 2. The second-order valence-corrected chi connectivity index (χ2v) is 6.27. The van der Waals surface area contributed by atoms with E-state index in [9.17, 15) is 0 Å². The first-order valence-electron chi connectivity index (χ1n) is 8.20. The molecule has 1 aliphatic heterocycles. The molecule has 2 atom stereocenters. The summed E-state index contributed by atoms with van der Waals surface area (Å²) in [5.41, 5.74) is 0. The van der Waals surface area contributed by atoms with Gasteiger partial charge >= 0.3 is 0 Å². The Bertz CT molecular complexity index is 213. The highest BCUT2D eigenvalue weighted by atomic mass is 35.5. The minimum Gasteiger partial charge on any atom is -0.371 e. The second-order valence-electron chi connectivity index (χ2n) is 5.96. The summed E-state index contributed by atoms with van der Waals surface area (Å²) in [6, 6.07) is 0. The van der Waals surface area contributed by atoms with Crippen molar-refractivity contribution in [3.05, 3.63) is 0 Å². The molecule has 0 amide bonds. The fourth-order valence-corrected chi connectivity index (χ4v) is 3.05. The first kappa shape index (κ1) is 17.3. The van der Waals surface area contributed by atoms with Crippen LogP contribution in [0.5, 0.6) is 0 Å². The van der Waals surface area contributed by atoms with Gasteiger partial charge in [0.05, 0.1) is 12.2 Å². The smallest absolute Gasteiger partial charge is 0.0841 e. The SMILES string of the molecule is CCCCCCCCCCN1CC(C)OC(CCl)C1. The number of alkyl halides is 1. The molecule has 0 radical (unpaired) electrons. The number of halogens is 1. The Labute approximate surface area is 124 Å². The van der Waals surface area contributed by atoms with E-state index in [0.717, 1.165) is 13.1 Å². The maximum Gasteiger partial charge on any atom is 0.0841 e. The minimum atomic E-state index is 0.236. The van der Waals surface area contributed by atoms with Gasteiger partial charge in [0.25, 0.3) is 0 Å². The zero-order chi connectivity index (χ0) is 13.9. The lowest BCUT2D eigenvalue weighted by Crippen LogP contribution is -2.47. The van der Waals surface area contributed by atoms with Gasteiger partial charge < -0.3 is 4.74 Å². The third-order valence-corrected chi connectivity index (χ3v) is 4.25. The van der Waals surface area contributed by atoms with E-state index in [2.05, 4.69) is 18.7 Å². The van der Waals surface area contributed by atoms with E-state index in [1.165, 1.54) is 57.9 Å². The van der Waals surface area contributed by atoms with Crippen molar-refractivity contribution in [1.29, 1.82) is 0 Å². The average molecular weight is 290 g/mol. The van der Waals surface area contributed by atoms with Crippen LogP contribution >= 0.6 is 11.6 Å². The van der Waals surface area contributed by atoms with Gasteiger partial charge in [0, 0.05) is 19.0 Å². The van der Waals surface area contributed by atoms with E-state index in [-0.39, 0.29) is 6.10 Å². The summed E-state index contributed by atoms with van der Waals surface area (Å²) >= 11 is 5.90. The maximum atomic E-state index is 5.90. The summed E-state index contributed by atoms with van der Waals surface area (Å²) in [5, 5.41) is 0. The second kappa shape index (κ2) is 10.9. The highest BCUT2D eigenvalue weighted by Gasteiger charge is 2.23. The Morgan fingerprint density at radius 2 is 1.63 bits per heavy atom. The Hall–Kier alpha value is 0.210. The molecule has 0 aromatic heterocycles. The molecule has 0 N–H and O–H groups in total. The van der Waals surface area contributed by atoms with Gasteiger partial charge in [-0.15, -0.1) is 11.6 Å². The first-order valence-corrected chi connectivity index (χ1v) is 8.73.